The minimum absolute atomic E-state index is 0.128. The molecule has 0 N–H and O–H groups in total. The zero-order chi connectivity index (χ0) is 17.0. The van der Waals surface area contributed by atoms with Gasteiger partial charge < -0.3 is 4.74 Å². The van der Waals surface area contributed by atoms with E-state index in [0.717, 1.165) is 16.6 Å². The normalized spacial score (nSPS) is 12.3. The van der Waals surface area contributed by atoms with Gasteiger partial charge >= 0.3 is 0 Å². The maximum Gasteiger partial charge on any atom is 0.268 e. The minimum atomic E-state index is -0.128. The number of fused-ring (bicyclic) bond motifs is 4. The van der Waals surface area contributed by atoms with Crippen LogP contribution in [0.25, 0.3) is 22.3 Å². The number of halogens is 1. The van der Waals surface area contributed by atoms with Gasteiger partial charge in [0.1, 0.15) is 17.0 Å². The molecule has 120 valence electrons. The van der Waals surface area contributed by atoms with Crippen molar-refractivity contribution in [2.75, 3.05) is 0 Å². The highest BCUT2D eigenvalue weighted by Crippen LogP contribution is 2.42. The van der Waals surface area contributed by atoms with Gasteiger partial charge in [0, 0.05) is 16.6 Å². The fourth-order valence-corrected chi connectivity index (χ4v) is 3.29. The molecule has 0 bridgehead atoms. The molecule has 2 aromatic heterocycles. The highest BCUT2D eigenvalue weighted by molar-refractivity contribution is 6.30. The van der Waals surface area contributed by atoms with Crippen LogP contribution in [0.4, 0.5) is 0 Å². The zero-order valence-corrected chi connectivity index (χ0v) is 13.7. The van der Waals surface area contributed by atoms with E-state index in [2.05, 4.69) is 0 Å². The molecule has 3 heterocycles. The van der Waals surface area contributed by atoms with E-state index in [-0.39, 0.29) is 5.91 Å². The van der Waals surface area contributed by atoms with Crippen LogP contribution >= 0.6 is 11.6 Å². The van der Waals surface area contributed by atoms with E-state index >= 15 is 0 Å². The van der Waals surface area contributed by atoms with Gasteiger partial charge in [-0.2, -0.15) is 0 Å². The molecule has 5 heteroatoms. The van der Waals surface area contributed by atoms with Gasteiger partial charge in [-0.15, -0.1) is 0 Å². The molecule has 0 unspecified atom stereocenters. The Labute approximate surface area is 148 Å². The second-order valence-electron chi connectivity index (χ2n) is 5.81. The fourth-order valence-electron chi connectivity index (χ4n) is 3.16. The first kappa shape index (κ1) is 14.3. The van der Waals surface area contributed by atoms with Crippen molar-refractivity contribution < 1.29 is 9.53 Å². The third kappa shape index (κ3) is 2.08. The van der Waals surface area contributed by atoms with Crippen LogP contribution in [0.1, 0.15) is 10.4 Å². The van der Waals surface area contributed by atoms with Gasteiger partial charge in [0.2, 0.25) is 0 Å². The predicted octanol–water partition coefficient (Wildman–Crippen LogP) is 5.15. The molecule has 1 aliphatic heterocycles. The van der Waals surface area contributed by atoms with Crippen LogP contribution in [0.5, 0.6) is 11.5 Å². The Morgan fingerprint density at radius 1 is 0.960 bits per heavy atom. The zero-order valence-electron chi connectivity index (χ0n) is 12.9. The first-order chi connectivity index (χ1) is 12.2. The quantitative estimate of drug-likeness (QED) is 0.444. The van der Waals surface area contributed by atoms with Crippen LogP contribution < -0.4 is 4.74 Å². The monoisotopic (exact) mass is 346 g/mol. The average Bonchev–Trinajstić information content (AvgIpc) is 3.20. The number of aromatic nitrogens is 2. The smallest absolute Gasteiger partial charge is 0.268 e. The summed E-state index contributed by atoms with van der Waals surface area (Å²) >= 11 is 5.95. The lowest BCUT2D eigenvalue weighted by Crippen LogP contribution is -2.06. The molecule has 4 nitrogen and oxygen atoms in total. The van der Waals surface area contributed by atoms with Gasteiger partial charge in [-0.3, -0.25) is 9.36 Å². The van der Waals surface area contributed by atoms with Crippen LogP contribution in [-0.2, 0) is 0 Å². The molecule has 0 fully saturated rings. The summed E-state index contributed by atoms with van der Waals surface area (Å²) in [4.78, 5) is 17.6. The number of ether oxygens (including phenoxy) is 1. The average molecular weight is 347 g/mol. The van der Waals surface area contributed by atoms with E-state index in [0.29, 0.717) is 27.8 Å². The molecule has 4 aromatic rings. The van der Waals surface area contributed by atoms with E-state index in [1.807, 2.05) is 36.4 Å². The number of carbonyl (C=O) groups is 1. The van der Waals surface area contributed by atoms with Gasteiger partial charge in [0.15, 0.2) is 5.75 Å². The van der Waals surface area contributed by atoms with Crippen molar-refractivity contribution in [3.8, 4) is 22.9 Å². The number of para-hydroxylation sites is 1. The molecule has 0 saturated heterocycles. The van der Waals surface area contributed by atoms with Crippen LogP contribution in [0.3, 0.4) is 0 Å². The highest BCUT2D eigenvalue weighted by atomic mass is 35.5. The summed E-state index contributed by atoms with van der Waals surface area (Å²) in [6.45, 7) is 0. The lowest BCUT2D eigenvalue weighted by Gasteiger charge is -2.12. The maximum atomic E-state index is 12.9. The molecule has 0 spiro atoms. The molecule has 0 atom stereocenters. The number of rotatable bonds is 2. The molecule has 1 aliphatic rings. The fraction of sp³-hybridized carbons (Fsp3) is 0. The predicted molar refractivity (Wildman–Crippen MR) is 96.4 cm³/mol. The van der Waals surface area contributed by atoms with E-state index in [1.165, 1.54) is 0 Å². The standard InChI is InChI=1S/C20H11ClN2O2/c21-12-7-9-13(10-8-12)25-19-14-4-1-2-5-15(14)22-18-16-6-3-11-23(16)20(24)17(18)19/h1-11H. The lowest BCUT2D eigenvalue weighted by molar-refractivity contribution is 0.0967. The van der Waals surface area contributed by atoms with Crippen molar-refractivity contribution in [3.05, 3.63) is 77.4 Å². The first-order valence-corrected chi connectivity index (χ1v) is 8.19. The Morgan fingerprint density at radius 2 is 1.76 bits per heavy atom. The van der Waals surface area contributed by atoms with Gasteiger partial charge in [0.25, 0.3) is 5.91 Å². The van der Waals surface area contributed by atoms with Crippen molar-refractivity contribution in [1.82, 2.24) is 9.55 Å². The van der Waals surface area contributed by atoms with E-state index < -0.39 is 0 Å². The molecule has 2 aromatic carbocycles. The van der Waals surface area contributed by atoms with Crippen molar-refractivity contribution >= 4 is 28.4 Å². The number of hydrogen-bond acceptors (Lipinski definition) is 3. The van der Waals surface area contributed by atoms with Crippen LogP contribution in [0.15, 0.2) is 66.9 Å². The van der Waals surface area contributed by atoms with E-state index in [4.69, 9.17) is 21.3 Å². The molecule has 0 amide bonds. The topological polar surface area (TPSA) is 44.1 Å². The SMILES string of the molecule is O=C1c2c(nc3ccccc3c2Oc2ccc(Cl)cc2)-c2cccn21. The van der Waals surface area contributed by atoms with Gasteiger partial charge in [-0.25, -0.2) is 4.98 Å². The third-order valence-corrected chi connectivity index (χ3v) is 4.55. The first-order valence-electron chi connectivity index (χ1n) is 7.81. The molecular weight excluding hydrogens is 336 g/mol. The van der Waals surface area contributed by atoms with E-state index in [1.54, 1.807) is 35.0 Å². The Kier molecular flexibility index (Phi) is 2.96. The number of carbonyl (C=O) groups excluding carboxylic acids is 1. The number of hydrogen-bond donors (Lipinski definition) is 0. The summed E-state index contributed by atoms with van der Waals surface area (Å²) in [7, 11) is 0. The van der Waals surface area contributed by atoms with Crippen LogP contribution in [0, 0.1) is 0 Å². The molecule has 0 aliphatic carbocycles. The summed E-state index contributed by atoms with van der Waals surface area (Å²) in [6.07, 6.45) is 1.75. The van der Waals surface area contributed by atoms with Crippen LogP contribution in [0.2, 0.25) is 5.02 Å². The largest absolute Gasteiger partial charge is 0.456 e. The van der Waals surface area contributed by atoms with Gasteiger partial charge in [0.05, 0.1) is 11.2 Å². The Hall–Kier alpha value is -3.11. The van der Waals surface area contributed by atoms with Crippen LogP contribution in [-0.4, -0.2) is 15.5 Å². The molecule has 0 saturated carbocycles. The number of pyridine rings is 1. The number of nitrogens with zero attached hydrogens (tertiary/aromatic N) is 2. The third-order valence-electron chi connectivity index (χ3n) is 4.30. The summed E-state index contributed by atoms with van der Waals surface area (Å²) < 4.78 is 7.73. The van der Waals surface area contributed by atoms with Crippen molar-refractivity contribution in [3.63, 3.8) is 0 Å². The Balaban J connectivity index is 1.79. The molecular formula is C20H11ClN2O2. The lowest BCUT2D eigenvalue weighted by atomic mass is 10.1. The molecule has 0 radical (unpaired) electrons. The Morgan fingerprint density at radius 3 is 2.60 bits per heavy atom. The number of benzene rings is 2. The van der Waals surface area contributed by atoms with Crippen molar-refractivity contribution in [2.24, 2.45) is 0 Å². The van der Waals surface area contributed by atoms with Crippen molar-refractivity contribution in [1.29, 1.82) is 0 Å². The van der Waals surface area contributed by atoms with Gasteiger partial charge in [-0.1, -0.05) is 23.7 Å². The molecule has 5 rings (SSSR count). The summed E-state index contributed by atoms with van der Waals surface area (Å²) in [5.74, 6) is 1.01. The van der Waals surface area contributed by atoms with E-state index in [9.17, 15) is 4.79 Å². The maximum absolute atomic E-state index is 12.9. The van der Waals surface area contributed by atoms with Gasteiger partial charge in [-0.05, 0) is 48.5 Å². The summed E-state index contributed by atoms with van der Waals surface area (Å²) in [6, 6.07) is 18.5. The second-order valence-corrected chi connectivity index (χ2v) is 6.24. The summed E-state index contributed by atoms with van der Waals surface area (Å²) in [5, 5.41) is 1.43. The van der Waals surface area contributed by atoms with Crippen molar-refractivity contribution in [2.45, 2.75) is 0 Å². The summed E-state index contributed by atoms with van der Waals surface area (Å²) in [5.41, 5.74) is 2.71. The highest BCUT2D eigenvalue weighted by Gasteiger charge is 2.32. The Bertz CT molecular complexity index is 1150. The molecule has 25 heavy (non-hydrogen) atoms. The second kappa shape index (κ2) is 5.19. The minimum Gasteiger partial charge on any atom is -0.456 e.